The number of pyridine rings is 1. The lowest BCUT2D eigenvalue weighted by molar-refractivity contribution is 0.0695. The van der Waals surface area contributed by atoms with Gasteiger partial charge in [0, 0.05) is 12.8 Å². The first kappa shape index (κ1) is 14.7. The number of hydrogen-bond acceptors (Lipinski definition) is 4. The smallest absolute Gasteiger partial charge is 0.337 e. The summed E-state index contributed by atoms with van der Waals surface area (Å²) in [6, 6.07) is 1.31. The molecular weight excluding hydrogens is 258 g/mol. The molecule has 0 aliphatic carbocycles. The van der Waals surface area contributed by atoms with Crippen molar-refractivity contribution in [2.75, 3.05) is 19.8 Å². The number of carboxylic acid groups (broad SMARTS) is 1. The summed E-state index contributed by atoms with van der Waals surface area (Å²) in [5, 5.41) is 8.92. The van der Waals surface area contributed by atoms with E-state index in [2.05, 4.69) is 18.8 Å². The van der Waals surface area contributed by atoms with E-state index in [1.54, 1.807) is 0 Å². The lowest BCUT2D eigenvalue weighted by atomic mass is 10.2. The molecule has 0 spiro atoms. The molecule has 1 aromatic rings. The highest BCUT2D eigenvalue weighted by Gasteiger charge is 2.09. The number of carboxylic acids is 1. The van der Waals surface area contributed by atoms with Crippen molar-refractivity contribution in [2.24, 2.45) is 5.92 Å². The van der Waals surface area contributed by atoms with Crippen molar-refractivity contribution in [3.05, 3.63) is 22.8 Å². The summed E-state index contributed by atoms with van der Waals surface area (Å²) in [5.74, 6) is -0.382. The minimum atomic E-state index is -1.07. The highest BCUT2D eigenvalue weighted by atomic mass is 35.5. The minimum Gasteiger partial charge on any atom is -0.478 e. The lowest BCUT2D eigenvalue weighted by Gasteiger charge is -2.09. The zero-order valence-electron chi connectivity index (χ0n) is 10.4. The van der Waals surface area contributed by atoms with Crippen LogP contribution in [0.5, 0.6) is 5.88 Å². The Kier molecular flexibility index (Phi) is 5.88. The largest absolute Gasteiger partial charge is 0.478 e. The molecule has 1 aromatic heterocycles. The summed E-state index contributed by atoms with van der Waals surface area (Å²) in [5.41, 5.74) is 0.0309. The molecule has 0 saturated heterocycles. The molecule has 0 fully saturated rings. The highest BCUT2D eigenvalue weighted by molar-refractivity contribution is 6.32. The van der Waals surface area contributed by atoms with Gasteiger partial charge in [-0.2, -0.15) is 0 Å². The SMILES string of the molecule is CC(C)COCCOc1ncc(C(=O)O)cc1Cl. The van der Waals surface area contributed by atoms with Crippen LogP contribution in [0.4, 0.5) is 0 Å². The van der Waals surface area contributed by atoms with Gasteiger partial charge in [0.2, 0.25) is 5.88 Å². The van der Waals surface area contributed by atoms with Crippen molar-refractivity contribution < 1.29 is 19.4 Å². The van der Waals surface area contributed by atoms with Gasteiger partial charge in [-0.25, -0.2) is 9.78 Å². The zero-order valence-corrected chi connectivity index (χ0v) is 11.1. The summed E-state index contributed by atoms with van der Waals surface area (Å²) < 4.78 is 10.6. The van der Waals surface area contributed by atoms with Crippen molar-refractivity contribution in [2.45, 2.75) is 13.8 Å². The Balaban J connectivity index is 2.41. The van der Waals surface area contributed by atoms with Crippen LogP contribution in [-0.2, 0) is 4.74 Å². The maximum absolute atomic E-state index is 10.7. The summed E-state index contributed by atoms with van der Waals surface area (Å²) in [4.78, 5) is 14.5. The van der Waals surface area contributed by atoms with E-state index < -0.39 is 5.97 Å². The van der Waals surface area contributed by atoms with Crippen LogP contribution in [-0.4, -0.2) is 35.9 Å². The number of hydrogen-bond donors (Lipinski definition) is 1. The topological polar surface area (TPSA) is 68.7 Å². The van der Waals surface area contributed by atoms with E-state index >= 15 is 0 Å². The Morgan fingerprint density at radius 1 is 1.50 bits per heavy atom. The predicted octanol–water partition coefficient (Wildman–Crippen LogP) is 2.48. The molecule has 0 aliphatic rings. The highest BCUT2D eigenvalue weighted by Crippen LogP contribution is 2.22. The molecule has 1 heterocycles. The molecule has 0 amide bonds. The Bertz CT molecular complexity index is 409. The molecule has 6 heteroatoms. The average Bonchev–Trinajstić information content (AvgIpc) is 2.29. The van der Waals surface area contributed by atoms with E-state index in [0.29, 0.717) is 25.7 Å². The fourth-order valence-electron chi connectivity index (χ4n) is 1.16. The standard InChI is InChI=1S/C12H16ClNO4/c1-8(2)7-17-3-4-18-11-10(13)5-9(6-14-11)12(15)16/h5-6,8H,3-4,7H2,1-2H3,(H,15,16). The number of rotatable bonds is 7. The molecule has 0 unspecified atom stereocenters. The molecule has 1 rings (SSSR count). The maximum Gasteiger partial charge on any atom is 0.337 e. The van der Waals surface area contributed by atoms with Crippen LogP contribution < -0.4 is 4.74 Å². The second-order valence-electron chi connectivity index (χ2n) is 4.13. The van der Waals surface area contributed by atoms with Crippen molar-refractivity contribution in [1.29, 1.82) is 0 Å². The van der Waals surface area contributed by atoms with Gasteiger partial charge in [-0.05, 0) is 12.0 Å². The van der Waals surface area contributed by atoms with Crippen LogP contribution in [0.1, 0.15) is 24.2 Å². The molecule has 0 bridgehead atoms. The third-order valence-corrected chi connectivity index (χ3v) is 2.24. The van der Waals surface area contributed by atoms with Crippen LogP contribution in [0, 0.1) is 5.92 Å². The molecule has 0 radical (unpaired) electrons. The van der Waals surface area contributed by atoms with Gasteiger partial charge < -0.3 is 14.6 Å². The van der Waals surface area contributed by atoms with E-state index in [4.69, 9.17) is 26.2 Å². The average molecular weight is 274 g/mol. The first-order valence-electron chi connectivity index (χ1n) is 5.60. The third kappa shape index (κ3) is 4.89. The van der Waals surface area contributed by atoms with Gasteiger partial charge in [-0.15, -0.1) is 0 Å². The third-order valence-electron chi connectivity index (χ3n) is 1.97. The van der Waals surface area contributed by atoms with Crippen LogP contribution in [0.2, 0.25) is 5.02 Å². The van der Waals surface area contributed by atoms with Crippen LogP contribution in [0.3, 0.4) is 0 Å². The zero-order chi connectivity index (χ0) is 13.5. The van der Waals surface area contributed by atoms with E-state index in [-0.39, 0.29) is 16.5 Å². The molecular formula is C12H16ClNO4. The van der Waals surface area contributed by atoms with Crippen LogP contribution in [0.15, 0.2) is 12.3 Å². The van der Waals surface area contributed by atoms with Crippen molar-refractivity contribution in [3.63, 3.8) is 0 Å². The van der Waals surface area contributed by atoms with E-state index in [1.165, 1.54) is 12.3 Å². The summed E-state index contributed by atoms with van der Waals surface area (Å²) in [6.07, 6.45) is 1.21. The summed E-state index contributed by atoms with van der Waals surface area (Å²) in [7, 11) is 0. The molecule has 0 aliphatic heterocycles. The van der Waals surface area contributed by atoms with Gasteiger partial charge in [0.1, 0.15) is 11.6 Å². The van der Waals surface area contributed by atoms with E-state index in [0.717, 1.165) is 0 Å². The molecule has 18 heavy (non-hydrogen) atoms. The Morgan fingerprint density at radius 2 is 2.22 bits per heavy atom. The van der Waals surface area contributed by atoms with Crippen LogP contribution >= 0.6 is 11.6 Å². The normalized spacial score (nSPS) is 10.7. The number of ether oxygens (including phenoxy) is 2. The van der Waals surface area contributed by atoms with Crippen molar-refractivity contribution in [1.82, 2.24) is 4.98 Å². The number of nitrogens with zero attached hydrogens (tertiary/aromatic N) is 1. The lowest BCUT2D eigenvalue weighted by Crippen LogP contribution is -2.11. The van der Waals surface area contributed by atoms with Gasteiger partial charge in [0.25, 0.3) is 0 Å². The molecule has 5 nitrogen and oxygen atoms in total. The summed E-state index contributed by atoms with van der Waals surface area (Å²) >= 11 is 5.85. The van der Waals surface area contributed by atoms with Gasteiger partial charge in [0.15, 0.2) is 0 Å². The number of halogens is 1. The van der Waals surface area contributed by atoms with E-state index in [9.17, 15) is 4.79 Å². The number of carbonyl (C=O) groups is 1. The molecule has 0 atom stereocenters. The van der Waals surface area contributed by atoms with E-state index in [1.807, 2.05) is 0 Å². The molecule has 0 aromatic carbocycles. The molecule has 1 N–H and O–H groups in total. The first-order valence-corrected chi connectivity index (χ1v) is 5.98. The fraction of sp³-hybridized carbons (Fsp3) is 0.500. The van der Waals surface area contributed by atoms with Gasteiger partial charge in [-0.1, -0.05) is 25.4 Å². The molecule has 100 valence electrons. The van der Waals surface area contributed by atoms with Gasteiger partial charge >= 0.3 is 5.97 Å². The monoisotopic (exact) mass is 273 g/mol. The Labute approximate surface area is 111 Å². The van der Waals surface area contributed by atoms with Gasteiger partial charge in [0.05, 0.1) is 12.2 Å². The summed E-state index contributed by atoms with van der Waals surface area (Å²) in [6.45, 7) is 5.55. The Hall–Kier alpha value is -1.33. The molecule has 0 saturated carbocycles. The Morgan fingerprint density at radius 3 is 2.78 bits per heavy atom. The predicted molar refractivity (Wildman–Crippen MR) is 67.4 cm³/mol. The second-order valence-corrected chi connectivity index (χ2v) is 4.54. The first-order chi connectivity index (χ1) is 8.50. The van der Waals surface area contributed by atoms with Crippen LogP contribution in [0.25, 0.3) is 0 Å². The van der Waals surface area contributed by atoms with Crippen molar-refractivity contribution >= 4 is 17.6 Å². The van der Waals surface area contributed by atoms with Gasteiger partial charge in [-0.3, -0.25) is 0 Å². The minimum absolute atomic E-state index is 0.0309. The maximum atomic E-state index is 10.7. The second kappa shape index (κ2) is 7.18. The quantitative estimate of drug-likeness (QED) is 0.773. The fourth-order valence-corrected chi connectivity index (χ4v) is 1.39. The number of aromatic carboxylic acids is 1. The number of aromatic nitrogens is 1. The van der Waals surface area contributed by atoms with Crippen molar-refractivity contribution in [3.8, 4) is 5.88 Å².